The smallest absolute Gasteiger partial charge is 0.410 e. The molecule has 58 valence electrons. The van der Waals surface area contributed by atoms with Crippen molar-refractivity contribution in [1.82, 2.24) is 4.90 Å². The van der Waals surface area contributed by atoms with E-state index in [1.54, 1.807) is 16.7 Å². The minimum atomic E-state index is -0.179. The van der Waals surface area contributed by atoms with Gasteiger partial charge >= 0.3 is 6.09 Å². The third-order valence-corrected chi connectivity index (χ3v) is 2.51. The van der Waals surface area contributed by atoms with Crippen LogP contribution in [-0.4, -0.2) is 35.8 Å². The molecule has 0 spiro atoms. The molecule has 3 nitrogen and oxygen atoms in total. The zero-order chi connectivity index (χ0) is 7.56. The maximum Gasteiger partial charge on any atom is 0.410 e. The first-order valence-corrected chi connectivity index (χ1v) is 4.50. The minimum absolute atomic E-state index is 0.179. The molecule has 0 aliphatic carbocycles. The van der Waals surface area contributed by atoms with E-state index in [2.05, 4.69) is 0 Å². The van der Waals surface area contributed by atoms with E-state index in [4.69, 9.17) is 4.74 Å². The fourth-order valence-corrected chi connectivity index (χ4v) is 1.31. The molecule has 1 saturated heterocycles. The van der Waals surface area contributed by atoms with Gasteiger partial charge in [0.1, 0.15) is 6.61 Å². The maximum atomic E-state index is 10.9. The van der Waals surface area contributed by atoms with E-state index in [-0.39, 0.29) is 11.5 Å². The number of rotatable bonds is 2. The Morgan fingerprint density at radius 2 is 2.50 bits per heavy atom. The highest BCUT2D eigenvalue weighted by atomic mass is 32.2. The van der Waals surface area contributed by atoms with Gasteiger partial charge in [0.15, 0.2) is 0 Å². The molecule has 0 aromatic rings. The summed E-state index contributed by atoms with van der Waals surface area (Å²) in [5, 5.41) is 0.245. The molecule has 1 atom stereocenters. The average molecular weight is 161 g/mol. The summed E-state index contributed by atoms with van der Waals surface area (Å²) in [6, 6.07) is 0. The maximum absolute atomic E-state index is 10.9. The molecule has 1 fully saturated rings. The van der Waals surface area contributed by atoms with Crippen LogP contribution in [0.3, 0.4) is 0 Å². The molecule has 10 heavy (non-hydrogen) atoms. The van der Waals surface area contributed by atoms with E-state index in [0.717, 1.165) is 6.54 Å². The van der Waals surface area contributed by atoms with Gasteiger partial charge in [0.05, 0.1) is 11.9 Å². The van der Waals surface area contributed by atoms with Gasteiger partial charge in [0.25, 0.3) is 0 Å². The molecule has 1 aliphatic rings. The first-order chi connectivity index (χ1) is 4.75. The van der Waals surface area contributed by atoms with E-state index < -0.39 is 0 Å². The molecule has 0 saturated carbocycles. The summed E-state index contributed by atoms with van der Waals surface area (Å²) in [5.41, 5.74) is 0. The van der Waals surface area contributed by atoms with E-state index in [1.807, 2.05) is 13.2 Å². The van der Waals surface area contributed by atoms with Gasteiger partial charge in [-0.1, -0.05) is 0 Å². The van der Waals surface area contributed by atoms with E-state index in [1.165, 1.54) is 0 Å². The van der Waals surface area contributed by atoms with E-state index >= 15 is 0 Å². The number of hydrogen-bond donors (Lipinski definition) is 0. The van der Waals surface area contributed by atoms with Crippen LogP contribution in [0.4, 0.5) is 4.79 Å². The number of amides is 1. The summed E-state index contributed by atoms with van der Waals surface area (Å²) >= 11 is 1.65. The molecule has 1 rings (SSSR count). The van der Waals surface area contributed by atoms with Gasteiger partial charge in [0, 0.05) is 0 Å². The third-order valence-electron chi connectivity index (χ3n) is 1.57. The van der Waals surface area contributed by atoms with E-state index in [0.29, 0.717) is 6.61 Å². The summed E-state index contributed by atoms with van der Waals surface area (Å²) in [6.45, 7) is 3.28. The number of ether oxygens (including phenoxy) is 1. The molecular weight excluding hydrogens is 150 g/mol. The van der Waals surface area contributed by atoms with Crippen molar-refractivity contribution in [3.05, 3.63) is 0 Å². The molecule has 1 aliphatic heterocycles. The van der Waals surface area contributed by atoms with Gasteiger partial charge in [-0.05, 0) is 13.2 Å². The highest BCUT2D eigenvalue weighted by Crippen LogP contribution is 2.15. The van der Waals surface area contributed by atoms with Crippen LogP contribution in [0.25, 0.3) is 0 Å². The van der Waals surface area contributed by atoms with Crippen LogP contribution in [0.2, 0.25) is 0 Å². The number of nitrogens with zero attached hydrogens (tertiary/aromatic N) is 1. The predicted octanol–water partition coefficient (Wildman–Crippen LogP) is 1.15. The van der Waals surface area contributed by atoms with Gasteiger partial charge < -0.3 is 4.74 Å². The molecule has 0 radical (unpaired) electrons. The van der Waals surface area contributed by atoms with Gasteiger partial charge in [-0.2, -0.15) is 0 Å². The second-order valence-corrected chi connectivity index (χ2v) is 3.30. The van der Waals surface area contributed by atoms with Crippen molar-refractivity contribution in [2.75, 3.05) is 19.4 Å². The Labute approximate surface area is 64.7 Å². The number of thioether (sulfide) groups is 1. The van der Waals surface area contributed by atoms with Crippen molar-refractivity contribution in [1.29, 1.82) is 0 Å². The molecular formula is C6H11NO2S. The van der Waals surface area contributed by atoms with Crippen LogP contribution in [0, 0.1) is 0 Å². The van der Waals surface area contributed by atoms with Crippen molar-refractivity contribution in [3.8, 4) is 0 Å². The second kappa shape index (κ2) is 3.14. The lowest BCUT2D eigenvalue weighted by Gasteiger charge is -2.18. The minimum Gasteiger partial charge on any atom is -0.447 e. The predicted molar refractivity (Wildman–Crippen MR) is 41.0 cm³/mol. The monoisotopic (exact) mass is 161 g/mol. The van der Waals surface area contributed by atoms with Gasteiger partial charge in [-0.15, -0.1) is 11.8 Å². The van der Waals surface area contributed by atoms with Crippen LogP contribution in [0.1, 0.15) is 6.92 Å². The van der Waals surface area contributed by atoms with Crippen molar-refractivity contribution >= 4 is 17.9 Å². The highest BCUT2D eigenvalue weighted by molar-refractivity contribution is 7.99. The summed E-state index contributed by atoms with van der Waals surface area (Å²) in [6.07, 6.45) is 1.80. The van der Waals surface area contributed by atoms with Crippen LogP contribution in [0.5, 0.6) is 0 Å². The SMILES string of the molecule is CSC(C)N1CCOC1=O. The summed E-state index contributed by atoms with van der Waals surface area (Å²) in [7, 11) is 0. The van der Waals surface area contributed by atoms with E-state index in [9.17, 15) is 4.79 Å². The van der Waals surface area contributed by atoms with Crippen LogP contribution >= 0.6 is 11.8 Å². The fraction of sp³-hybridized carbons (Fsp3) is 0.833. The first kappa shape index (κ1) is 7.72. The highest BCUT2D eigenvalue weighted by Gasteiger charge is 2.25. The Kier molecular flexibility index (Phi) is 2.43. The molecule has 0 aromatic heterocycles. The fourth-order valence-electron chi connectivity index (χ4n) is 0.863. The Balaban J connectivity index is 2.46. The largest absolute Gasteiger partial charge is 0.447 e. The Hall–Kier alpha value is -0.380. The van der Waals surface area contributed by atoms with Crippen molar-refractivity contribution in [3.63, 3.8) is 0 Å². The standard InChI is InChI=1S/C6H11NO2S/c1-5(10-2)7-3-4-9-6(7)8/h5H,3-4H2,1-2H3. The molecule has 1 heterocycles. The number of carbonyl (C=O) groups excluding carboxylic acids is 1. The Bertz CT molecular complexity index is 140. The summed E-state index contributed by atoms with van der Waals surface area (Å²) in [5.74, 6) is 0. The molecule has 1 amide bonds. The van der Waals surface area contributed by atoms with Crippen LogP contribution in [0.15, 0.2) is 0 Å². The van der Waals surface area contributed by atoms with Crippen molar-refractivity contribution in [2.24, 2.45) is 0 Å². The first-order valence-electron chi connectivity index (χ1n) is 3.22. The van der Waals surface area contributed by atoms with Crippen molar-refractivity contribution < 1.29 is 9.53 Å². The third kappa shape index (κ3) is 1.37. The Morgan fingerprint density at radius 1 is 1.80 bits per heavy atom. The Morgan fingerprint density at radius 3 is 2.90 bits per heavy atom. The molecule has 4 heteroatoms. The van der Waals surface area contributed by atoms with Gasteiger partial charge in [-0.3, -0.25) is 4.90 Å². The number of carbonyl (C=O) groups is 1. The summed E-state index contributed by atoms with van der Waals surface area (Å²) < 4.78 is 4.76. The zero-order valence-electron chi connectivity index (χ0n) is 6.16. The zero-order valence-corrected chi connectivity index (χ0v) is 6.98. The topological polar surface area (TPSA) is 29.5 Å². The second-order valence-electron chi connectivity index (χ2n) is 2.14. The molecule has 0 N–H and O–H groups in total. The quantitative estimate of drug-likeness (QED) is 0.608. The lowest BCUT2D eigenvalue weighted by Crippen LogP contribution is -2.31. The molecule has 1 unspecified atom stereocenters. The van der Waals surface area contributed by atoms with Crippen LogP contribution < -0.4 is 0 Å². The van der Waals surface area contributed by atoms with Gasteiger partial charge in [-0.25, -0.2) is 4.79 Å². The van der Waals surface area contributed by atoms with Crippen molar-refractivity contribution in [2.45, 2.75) is 12.3 Å². The number of hydrogen-bond acceptors (Lipinski definition) is 3. The number of cyclic esters (lactones) is 1. The summed E-state index contributed by atoms with van der Waals surface area (Å²) in [4.78, 5) is 12.6. The lowest BCUT2D eigenvalue weighted by molar-refractivity contribution is 0.157. The molecule has 0 aromatic carbocycles. The molecule has 0 bridgehead atoms. The van der Waals surface area contributed by atoms with Crippen LogP contribution in [-0.2, 0) is 4.74 Å². The van der Waals surface area contributed by atoms with Gasteiger partial charge in [0.2, 0.25) is 0 Å². The lowest BCUT2D eigenvalue weighted by atomic mass is 10.6. The normalized spacial score (nSPS) is 21.0. The average Bonchev–Trinajstić information content (AvgIpc) is 2.34.